The molecule has 1 heterocycles. The van der Waals surface area contributed by atoms with E-state index in [1.807, 2.05) is 18.2 Å². The van der Waals surface area contributed by atoms with E-state index in [4.69, 9.17) is 18.5 Å². The zero-order valence-corrected chi connectivity index (χ0v) is 21.9. The minimum absolute atomic E-state index is 0.00874. The van der Waals surface area contributed by atoms with Crippen LogP contribution in [0, 0.1) is 0 Å². The van der Waals surface area contributed by atoms with E-state index in [9.17, 15) is 18.9 Å². The highest BCUT2D eigenvalue weighted by Gasteiger charge is 2.31. The molecular formula is C24H32N3O8P. The highest BCUT2D eigenvalue weighted by atomic mass is 31.2. The van der Waals surface area contributed by atoms with E-state index in [0.29, 0.717) is 5.56 Å². The molecule has 1 aromatic carbocycles. The van der Waals surface area contributed by atoms with Crippen molar-refractivity contribution in [1.82, 2.24) is 10.3 Å². The summed E-state index contributed by atoms with van der Waals surface area (Å²) >= 11 is 0. The molecule has 12 heteroatoms. The number of carbonyl (C=O) groups excluding carboxylic acids is 3. The van der Waals surface area contributed by atoms with Crippen molar-refractivity contribution in [2.45, 2.75) is 45.4 Å². The first-order valence-corrected chi connectivity index (χ1v) is 12.8. The van der Waals surface area contributed by atoms with Crippen molar-refractivity contribution in [3.8, 4) is 0 Å². The van der Waals surface area contributed by atoms with Crippen molar-refractivity contribution in [1.29, 1.82) is 0 Å². The fourth-order valence-electron chi connectivity index (χ4n) is 2.92. The lowest BCUT2D eigenvalue weighted by molar-refractivity contribution is -0.118. The zero-order valence-electron chi connectivity index (χ0n) is 21.0. The summed E-state index contributed by atoms with van der Waals surface area (Å²) < 4.78 is 32.6. The van der Waals surface area contributed by atoms with Gasteiger partial charge in [-0.15, -0.1) is 0 Å². The quantitative estimate of drug-likeness (QED) is 0.413. The Kier molecular flexibility index (Phi) is 10.6. The molecule has 0 aliphatic heterocycles. The van der Waals surface area contributed by atoms with Crippen LogP contribution in [0.25, 0.3) is 0 Å². The number of Topliss-reactive ketones (excluding diaryl/α,β-unsaturated/α-hetero) is 1. The molecule has 0 aliphatic carbocycles. The van der Waals surface area contributed by atoms with Crippen molar-refractivity contribution >= 4 is 31.4 Å². The predicted molar refractivity (Wildman–Crippen MR) is 133 cm³/mol. The third kappa shape index (κ3) is 10.2. The Balaban J connectivity index is 2.09. The number of ketones is 1. The number of pyridine rings is 1. The first kappa shape index (κ1) is 29.0. The Hall–Kier alpha value is -3.27. The smallest absolute Gasteiger partial charge is 0.413 e. The topological polar surface area (TPSA) is 142 Å². The summed E-state index contributed by atoms with van der Waals surface area (Å²) in [6, 6.07) is 11.1. The molecule has 1 atom stereocenters. The molecule has 0 spiro atoms. The Labute approximate surface area is 210 Å². The molecule has 2 rings (SSSR count). The van der Waals surface area contributed by atoms with E-state index in [2.05, 4.69) is 15.6 Å². The van der Waals surface area contributed by atoms with Crippen molar-refractivity contribution in [2.24, 2.45) is 0 Å². The zero-order chi connectivity index (χ0) is 26.8. The number of rotatable bonds is 11. The second-order valence-electron chi connectivity index (χ2n) is 8.74. The van der Waals surface area contributed by atoms with Crippen LogP contribution in [-0.2, 0) is 40.9 Å². The molecule has 0 saturated carbocycles. The highest BCUT2D eigenvalue weighted by molar-refractivity contribution is 7.54. The number of nitrogens with one attached hydrogen (secondary N) is 2. The maximum Gasteiger partial charge on any atom is 0.413 e. The van der Waals surface area contributed by atoms with Gasteiger partial charge in [0.2, 0.25) is 0 Å². The van der Waals surface area contributed by atoms with Crippen LogP contribution < -0.4 is 10.6 Å². The molecule has 2 amide bonds. The van der Waals surface area contributed by atoms with Crippen molar-refractivity contribution < 1.29 is 37.5 Å². The van der Waals surface area contributed by atoms with Gasteiger partial charge in [0.15, 0.2) is 5.78 Å². The number of anilines is 1. The normalized spacial score (nSPS) is 12.4. The van der Waals surface area contributed by atoms with Crippen LogP contribution in [0.15, 0.2) is 48.7 Å². The van der Waals surface area contributed by atoms with Gasteiger partial charge in [-0.1, -0.05) is 36.4 Å². The van der Waals surface area contributed by atoms with Crippen LogP contribution in [-0.4, -0.2) is 55.0 Å². The van der Waals surface area contributed by atoms with Gasteiger partial charge in [0, 0.05) is 26.8 Å². The van der Waals surface area contributed by atoms with E-state index < -0.39 is 43.4 Å². The summed E-state index contributed by atoms with van der Waals surface area (Å²) in [5.41, 5.74) is 0.676. The summed E-state index contributed by atoms with van der Waals surface area (Å²) in [6.07, 6.45) is -0.565. The van der Waals surface area contributed by atoms with E-state index in [0.717, 1.165) is 5.56 Å². The average molecular weight is 522 g/mol. The van der Waals surface area contributed by atoms with Crippen LogP contribution in [0.3, 0.4) is 0 Å². The summed E-state index contributed by atoms with van der Waals surface area (Å²) in [7, 11) is -1.31. The molecule has 0 bridgehead atoms. The number of carbonyl (C=O) groups is 3. The van der Waals surface area contributed by atoms with Crippen molar-refractivity contribution in [3.63, 3.8) is 0 Å². The Morgan fingerprint density at radius 3 is 2.19 bits per heavy atom. The van der Waals surface area contributed by atoms with E-state index >= 15 is 0 Å². The van der Waals surface area contributed by atoms with Gasteiger partial charge >= 0.3 is 19.8 Å². The Morgan fingerprint density at radius 2 is 1.64 bits per heavy atom. The highest BCUT2D eigenvalue weighted by Crippen LogP contribution is 2.46. The lowest BCUT2D eigenvalue weighted by atomic mass is 10.0. The summed E-state index contributed by atoms with van der Waals surface area (Å²) in [5.74, 6) is -0.330. The first-order valence-electron chi connectivity index (χ1n) is 11.1. The first-order chi connectivity index (χ1) is 16.9. The maximum absolute atomic E-state index is 12.9. The molecule has 0 aliphatic rings. The van der Waals surface area contributed by atoms with Gasteiger partial charge in [-0.2, -0.15) is 0 Å². The van der Waals surface area contributed by atoms with Crippen LogP contribution in [0.1, 0.15) is 31.9 Å². The van der Waals surface area contributed by atoms with Gasteiger partial charge in [0.05, 0.1) is 6.04 Å². The van der Waals surface area contributed by atoms with Gasteiger partial charge in [-0.05, 0) is 38.0 Å². The molecule has 0 fully saturated rings. The number of amides is 2. The van der Waals surface area contributed by atoms with E-state index in [1.165, 1.54) is 26.5 Å². The van der Waals surface area contributed by atoms with Crippen LogP contribution in [0.4, 0.5) is 15.4 Å². The predicted octanol–water partition coefficient (Wildman–Crippen LogP) is 4.32. The molecule has 11 nitrogen and oxygen atoms in total. The van der Waals surface area contributed by atoms with Gasteiger partial charge in [-0.25, -0.2) is 14.6 Å². The Morgan fingerprint density at radius 1 is 0.972 bits per heavy atom. The molecule has 36 heavy (non-hydrogen) atoms. The lowest BCUT2D eigenvalue weighted by Gasteiger charge is -2.20. The van der Waals surface area contributed by atoms with Crippen LogP contribution in [0.5, 0.6) is 0 Å². The summed E-state index contributed by atoms with van der Waals surface area (Å²) in [6.45, 7) is 5.23. The third-order valence-electron chi connectivity index (χ3n) is 4.69. The number of nitrogens with zero attached hydrogens (tertiary/aromatic N) is 1. The van der Waals surface area contributed by atoms with Gasteiger partial charge in [0.25, 0.3) is 0 Å². The standard InChI is InChI=1S/C24H32N3O8P/c1-24(2,3)35-23(30)27-21-12-11-18(14-25-21)13-19(20(28)16-36(31,32-4)33-5)26-22(29)34-15-17-9-7-6-8-10-17/h6-12,14,19H,13,15-16H2,1-5H3,(H,26,29)(H,25,27,30)/t19-/m0/s1. The van der Waals surface area contributed by atoms with Gasteiger partial charge in [0.1, 0.15) is 24.2 Å². The molecule has 196 valence electrons. The maximum atomic E-state index is 12.9. The second-order valence-corrected chi connectivity index (χ2v) is 11.0. The number of hydrogen-bond acceptors (Lipinski definition) is 9. The molecule has 0 radical (unpaired) electrons. The Bertz CT molecular complexity index is 1060. The monoisotopic (exact) mass is 521 g/mol. The molecular weight excluding hydrogens is 489 g/mol. The fourth-order valence-corrected chi connectivity index (χ4v) is 3.93. The molecule has 0 unspecified atom stereocenters. The van der Waals surface area contributed by atoms with Crippen molar-refractivity contribution in [2.75, 3.05) is 25.7 Å². The molecule has 0 saturated heterocycles. The molecule has 2 N–H and O–H groups in total. The van der Waals surface area contributed by atoms with Gasteiger partial charge < -0.3 is 23.8 Å². The number of benzene rings is 1. The minimum atomic E-state index is -3.66. The SMILES string of the molecule is COP(=O)(CC(=O)[C@H](Cc1ccc(NC(=O)OC(C)(C)C)nc1)NC(=O)OCc1ccccc1)OC. The average Bonchev–Trinajstić information content (AvgIpc) is 2.82. The number of alkyl carbamates (subject to hydrolysis) is 1. The van der Waals surface area contributed by atoms with Crippen LogP contribution in [0.2, 0.25) is 0 Å². The van der Waals surface area contributed by atoms with Crippen LogP contribution >= 0.6 is 7.60 Å². The summed E-state index contributed by atoms with van der Waals surface area (Å²) in [4.78, 5) is 41.4. The third-order valence-corrected chi connectivity index (χ3v) is 6.50. The van der Waals surface area contributed by atoms with E-state index in [1.54, 1.807) is 39.0 Å². The van der Waals surface area contributed by atoms with Gasteiger partial charge in [-0.3, -0.25) is 14.7 Å². The fraction of sp³-hybridized carbons (Fsp3) is 0.417. The minimum Gasteiger partial charge on any atom is -0.445 e. The number of ether oxygens (including phenoxy) is 2. The number of aromatic nitrogens is 1. The second kappa shape index (κ2) is 13.2. The van der Waals surface area contributed by atoms with E-state index in [-0.39, 0.29) is 18.8 Å². The van der Waals surface area contributed by atoms with Crippen molar-refractivity contribution in [3.05, 3.63) is 59.8 Å². The largest absolute Gasteiger partial charge is 0.445 e. The molecule has 1 aromatic heterocycles. The lowest BCUT2D eigenvalue weighted by Crippen LogP contribution is -2.44. The summed E-state index contributed by atoms with van der Waals surface area (Å²) in [5, 5.41) is 5.03. The number of hydrogen-bond donors (Lipinski definition) is 2. The molecule has 2 aromatic rings.